The van der Waals surface area contributed by atoms with Crippen LogP contribution in [0.15, 0.2) is 46.4 Å². The van der Waals surface area contributed by atoms with Crippen molar-refractivity contribution in [2.75, 3.05) is 35.7 Å². The fourth-order valence-corrected chi connectivity index (χ4v) is 2.18. The quantitative estimate of drug-likeness (QED) is 0.485. The minimum atomic E-state index is 0.591. The topological polar surface area (TPSA) is 101 Å². The van der Waals surface area contributed by atoms with Crippen LogP contribution in [0.1, 0.15) is 6.92 Å². The first-order valence-corrected chi connectivity index (χ1v) is 7.25. The maximum atomic E-state index is 5.86. The minimum absolute atomic E-state index is 0.591. The van der Waals surface area contributed by atoms with Gasteiger partial charge in [0.05, 0.1) is 17.9 Å². The Labute approximate surface area is 136 Å². The van der Waals surface area contributed by atoms with E-state index in [-0.39, 0.29) is 0 Å². The van der Waals surface area contributed by atoms with Gasteiger partial charge in [-0.25, -0.2) is 0 Å². The van der Waals surface area contributed by atoms with Crippen molar-refractivity contribution in [3.63, 3.8) is 0 Å². The number of benzene rings is 2. The molecule has 120 valence electrons. The number of hydrogen-bond acceptors (Lipinski definition) is 6. The SMILES string of the molecule is C=Nc1cc(N)cc(NC)c1N=C(C)CNc1cccc(N)c1. The summed E-state index contributed by atoms with van der Waals surface area (Å²) in [5, 5.41) is 6.38. The fourth-order valence-electron chi connectivity index (χ4n) is 2.18. The van der Waals surface area contributed by atoms with Crippen LogP contribution in [-0.4, -0.2) is 26.0 Å². The van der Waals surface area contributed by atoms with Gasteiger partial charge in [-0.05, 0) is 44.0 Å². The van der Waals surface area contributed by atoms with Crippen molar-refractivity contribution in [1.82, 2.24) is 0 Å². The zero-order valence-corrected chi connectivity index (χ0v) is 13.4. The maximum absolute atomic E-state index is 5.86. The van der Waals surface area contributed by atoms with Gasteiger partial charge >= 0.3 is 0 Å². The van der Waals surface area contributed by atoms with Crippen molar-refractivity contribution in [2.45, 2.75) is 6.92 Å². The Kier molecular flexibility index (Phi) is 5.19. The molecule has 2 aromatic carbocycles. The molecule has 0 amide bonds. The van der Waals surface area contributed by atoms with Crippen LogP contribution in [0.2, 0.25) is 0 Å². The Bertz CT molecular complexity index is 736. The van der Waals surface area contributed by atoms with E-state index in [1.165, 1.54) is 0 Å². The van der Waals surface area contributed by atoms with Crippen LogP contribution in [0.5, 0.6) is 0 Å². The Morgan fingerprint density at radius 1 is 1.17 bits per heavy atom. The second-order valence-corrected chi connectivity index (χ2v) is 5.17. The van der Waals surface area contributed by atoms with Gasteiger partial charge in [-0.1, -0.05) is 6.07 Å². The number of nitrogen functional groups attached to an aromatic ring is 2. The molecule has 0 heterocycles. The molecule has 6 N–H and O–H groups in total. The van der Waals surface area contributed by atoms with Gasteiger partial charge in [-0.3, -0.25) is 9.98 Å². The van der Waals surface area contributed by atoms with E-state index in [0.29, 0.717) is 17.9 Å². The molecular weight excluding hydrogens is 288 g/mol. The number of aliphatic imine (C=N–C) groups is 2. The Hall–Kier alpha value is -3.02. The van der Waals surface area contributed by atoms with E-state index in [4.69, 9.17) is 11.5 Å². The summed E-state index contributed by atoms with van der Waals surface area (Å²) in [6, 6.07) is 11.2. The number of nitrogens with two attached hydrogens (primary N) is 2. The van der Waals surface area contributed by atoms with Gasteiger partial charge < -0.3 is 22.1 Å². The van der Waals surface area contributed by atoms with Gasteiger partial charge in [0.1, 0.15) is 5.69 Å². The summed E-state index contributed by atoms with van der Waals surface area (Å²) in [4.78, 5) is 8.66. The van der Waals surface area contributed by atoms with E-state index in [2.05, 4.69) is 27.3 Å². The average molecular weight is 310 g/mol. The minimum Gasteiger partial charge on any atom is -0.399 e. The molecule has 6 nitrogen and oxygen atoms in total. The third-order valence-corrected chi connectivity index (χ3v) is 3.29. The first kappa shape index (κ1) is 16.4. The van der Waals surface area contributed by atoms with Gasteiger partial charge in [0, 0.05) is 29.8 Å². The summed E-state index contributed by atoms with van der Waals surface area (Å²) in [5.74, 6) is 0. The summed E-state index contributed by atoms with van der Waals surface area (Å²) < 4.78 is 0. The van der Waals surface area contributed by atoms with Crippen LogP contribution >= 0.6 is 0 Å². The van der Waals surface area contributed by atoms with Gasteiger partial charge in [0.15, 0.2) is 0 Å². The molecule has 2 rings (SSSR count). The zero-order chi connectivity index (χ0) is 16.8. The highest BCUT2D eigenvalue weighted by Gasteiger charge is 2.08. The van der Waals surface area contributed by atoms with E-state index < -0.39 is 0 Å². The van der Waals surface area contributed by atoms with Crippen molar-refractivity contribution in [2.24, 2.45) is 9.98 Å². The van der Waals surface area contributed by atoms with E-state index in [1.54, 1.807) is 6.07 Å². The van der Waals surface area contributed by atoms with Crippen molar-refractivity contribution in [3.8, 4) is 0 Å². The van der Waals surface area contributed by atoms with Crippen LogP contribution in [0, 0.1) is 0 Å². The van der Waals surface area contributed by atoms with Crippen molar-refractivity contribution >= 4 is 46.6 Å². The second kappa shape index (κ2) is 7.31. The predicted octanol–water partition coefficient (Wildman–Crippen LogP) is 3.43. The largest absolute Gasteiger partial charge is 0.399 e. The molecule has 0 bridgehead atoms. The lowest BCUT2D eigenvalue weighted by molar-refractivity contribution is 1.33. The molecule has 0 fully saturated rings. The summed E-state index contributed by atoms with van der Waals surface area (Å²) in [7, 11) is 1.82. The van der Waals surface area contributed by atoms with Crippen molar-refractivity contribution in [3.05, 3.63) is 36.4 Å². The number of hydrogen-bond donors (Lipinski definition) is 4. The summed E-state index contributed by atoms with van der Waals surface area (Å²) >= 11 is 0. The summed E-state index contributed by atoms with van der Waals surface area (Å²) in [6.07, 6.45) is 0. The highest BCUT2D eigenvalue weighted by molar-refractivity contribution is 5.93. The monoisotopic (exact) mass is 310 g/mol. The van der Waals surface area contributed by atoms with Crippen LogP contribution in [0.25, 0.3) is 0 Å². The first-order chi connectivity index (χ1) is 11.0. The summed E-state index contributed by atoms with van der Waals surface area (Å²) in [5.41, 5.74) is 17.0. The average Bonchev–Trinajstić information content (AvgIpc) is 2.54. The standard InChI is InChI=1S/C17H22N6/c1-11(10-22-14-6-4-5-12(18)7-14)23-17-15(20-2)8-13(19)9-16(17)21-3/h4-9,21-22H,2,10,18-19H2,1,3H3. The number of nitrogens with one attached hydrogen (secondary N) is 2. The molecule has 0 aromatic heterocycles. The molecule has 0 atom stereocenters. The second-order valence-electron chi connectivity index (χ2n) is 5.17. The van der Waals surface area contributed by atoms with E-state index in [9.17, 15) is 0 Å². The zero-order valence-electron chi connectivity index (χ0n) is 13.4. The molecule has 0 saturated heterocycles. The van der Waals surface area contributed by atoms with Gasteiger partial charge in [-0.15, -0.1) is 0 Å². The molecule has 0 saturated carbocycles. The van der Waals surface area contributed by atoms with Gasteiger partial charge in [0.2, 0.25) is 0 Å². The molecule has 0 radical (unpaired) electrons. The van der Waals surface area contributed by atoms with Gasteiger partial charge in [-0.2, -0.15) is 0 Å². The molecule has 23 heavy (non-hydrogen) atoms. The Morgan fingerprint density at radius 2 is 1.96 bits per heavy atom. The smallest absolute Gasteiger partial charge is 0.112 e. The summed E-state index contributed by atoms with van der Waals surface area (Å²) in [6.45, 7) is 6.12. The molecule has 0 unspecified atom stereocenters. The van der Waals surface area contributed by atoms with E-state index in [0.717, 1.165) is 28.5 Å². The van der Waals surface area contributed by atoms with Crippen LogP contribution in [-0.2, 0) is 0 Å². The van der Waals surface area contributed by atoms with Crippen molar-refractivity contribution in [1.29, 1.82) is 0 Å². The third kappa shape index (κ3) is 4.23. The Balaban J connectivity index is 2.22. The number of nitrogens with zero attached hydrogens (tertiary/aromatic N) is 2. The Morgan fingerprint density at radius 3 is 2.61 bits per heavy atom. The lowest BCUT2D eigenvalue weighted by Gasteiger charge is -2.11. The highest BCUT2D eigenvalue weighted by Crippen LogP contribution is 2.37. The van der Waals surface area contributed by atoms with Crippen LogP contribution in [0.4, 0.5) is 34.1 Å². The molecule has 0 aliphatic rings. The normalized spacial score (nSPS) is 11.1. The predicted molar refractivity (Wildman–Crippen MR) is 102 cm³/mol. The maximum Gasteiger partial charge on any atom is 0.112 e. The van der Waals surface area contributed by atoms with Crippen molar-refractivity contribution < 1.29 is 0 Å². The molecule has 2 aromatic rings. The van der Waals surface area contributed by atoms with Crippen LogP contribution in [0.3, 0.4) is 0 Å². The molecule has 6 heteroatoms. The molecule has 0 aliphatic carbocycles. The third-order valence-electron chi connectivity index (χ3n) is 3.29. The lowest BCUT2D eigenvalue weighted by Crippen LogP contribution is -2.10. The first-order valence-electron chi connectivity index (χ1n) is 7.25. The van der Waals surface area contributed by atoms with Gasteiger partial charge in [0.25, 0.3) is 0 Å². The van der Waals surface area contributed by atoms with E-state index >= 15 is 0 Å². The van der Waals surface area contributed by atoms with Crippen LogP contribution < -0.4 is 22.1 Å². The molecular formula is C17H22N6. The van der Waals surface area contributed by atoms with E-state index in [1.807, 2.05) is 44.3 Å². The highest BCUT2D eigenvalue weighted by atomic mass is 14.9. The number of rotatable bonds is 6. The molecule has 0 spiro atoms. The number of anilines is 4. The lowest BCUT2D eigenvalue weighted by atomic mass is 10.2. The molecule has 0 aliphatic heterocycles. The fraction of sp³-hybridized carbons (Fsp3) is 0.176.